The Morgan fingerprint density at radius 1 is 1.41 bits per heavy atom. The van der Waals surface area contributed by atoms with E-state index < -0.39 is 0 Å². The van der Waals surface area contributed by atoms with Crippen LogP contribution >= 0.6 is 27.7 Å². The molecule has 0 radical (unpaired) electrons. The number of nitrogens with one attached hydrogen (secondary N) is 1. The first-order chi connectivity index (χ1) is 8.27. The van der Waals surface area contributed by atoms with Gasteiger partial charge in [-0.15, -0.1) is 11.8 Å². The van der Waals surface area contributed by atoms with E-state index in [0.717, 1.165) is 36.3 Å². The lowest BCUT2D eigenvalue weighted by molar-refractivity contribution is 0.200. The van der Waals surface area contributed by atoms with Gasteiger partial charge in [0.05, 0.1) is 0 Å². The molecule has 96 valence electrons. The van der Waals surface area contributed by atoms with Crippen LogP contribution in [0.2, 0.25) is 0 Å². The van der Waals surface area contributed by atoms with E-state index in [1.165, 1.54) is 10.5 Å². The van der Waals surface area contributed by atoms with Gasteiger partial charge >= 0.3 is 0 Å². The molecule has 4 heteroatoms. The third-order valence-electron chi connectivity index (χ3n) is 2.35. The fraction of sp³-hybridized carbons (Fsp3) is 0.538. The van der Waals surface area contributed by atoms with Gasteiger partial charge in [-0.2, -0.15) is 0 Å². The van der Waals surface area contributed by atoms with Crippen molar-refractivity contribution in [1.82, 2.24) is 5.32 Å². The van der Waals surface area contributed by atoms with E-state index in [1.54, 1.807) is 7.11 Å². The Hall–Kier alpha value is -0.0300. The molecule has 1 rings (SSSR count). The van der Waals surface area contributed by atoms with Crippen molar-refractivity contribution in [3.8, 4) is 0 Å². The number of rotatable bonds is 8. The monoisotopic (exact) mass is 317 g/mol. The number of hydrogen-bond acceptors (Lipinski definition) is 3. The second-order valence-corrected chi connectivity index (χ2v) is 5.78. The SMILES string of the molecule is CCNCc1ccc(Br)cc1SCCCOC. The van der Waals surface area contributed by atoms with Gasteiger partial charge in [-0.05, 0) is 30.7 Å². The summed E-state index contributed by atoms with van der Waals surface area (Å²) in [6.45, 7) is 4.91. The van der Waals surface area contributed by atoms with Gasteiger partial charge in [0.2, 0.25) is 0 Å². The molecule has 0 unspecified atom stereocenters. The molecular formula is C13H20BrNOS. The summed E-state index contributed by atoms with van der Waals surface area (Å²) in [4.78, 5) is 1.36. The Balaban J connectivity index is 2.56. The zero-order chi connectivity index (χ0) is 12.5. The quantitative estimate of drug-likeness (QED) is 0.583. The Morgan fingerprint density at radius 3 is 2.94 bits per heavy atom. The molecule has 1 N–H and O–H groups in total. The van der Waals surface area contributed by atoms with Crippen molar-refractivity contribution >= 4 is 27.7 Å². The van der Waals surface area contributed by atoms with E-state index in [-0.39, 0.29) is 0 Å². The zero-order valence-electron chi connectivity index (χ0n) is 10.5. The van der Waals surface area contributed by atoms with Crippen molar-refractivity contribution in [1.29, 1.82) is 0 Å². The molecular weight excluding hydrogens is 298 g/mol. The molecule has 0 heterocycles. The van der Waals surface area contributed by atoms with Gasteiger partial charge in [0, 0.05) is 35.4 Å². The highest BCUT2D eigenvalue weighted by Crippen LogP contribution is 2.27. The smallest absolute Gasteiger partial charge is 0.0470 e. The highest BCUT2D eigenvalue weighted by atomic mass is 79.9. The molecule has 0 aliphatic carbocycles. The van der Waals surface area contributed by atoms with Crippen LogP contribution in [0.1, 0.15) is 18.9 Å². The van der Waals surface area contributed by atoms with Crippen molar-refractivity contribution in [3.63, 3.8) is 0 Å². The molecule has 1 aromatic carbocycles. The van der Waals surface area contributed by atoms with E-state index in [4.69, 9.17) is 4.74 Å². The molecule has 0 spiro atoms. The molecule has 0 atom stereocenters. The Labute approximate surface area is 117 Å². The van der Waals surface area contributed by atoms with Gasteiger partial charge in [-0.25, -0.2) is 0 Å². The maximum atomic E-state index is 5.06. The van der Waals surface area contributed by atoms with Gasteiger partial charge in [-0.3, -0.25) is 0 Å². The largest absolute Gasteiger partial charge is 0.385 e. The average molecular weight is 318 g/mol. The maximum absolute atomic E-state index is 5.06. The molecule has 0 amide bonds. The average Bonchev–Trinajstić information content (AvgIpc) is 2.33. The molecule has 0 saturated carbocycles. The molecule has 2 nitrogen and oxygen atoms in total. The number of ether oxygens (including phenoxy) is 1. The van der Waals surface area contributed by atoms with Crippen LogP contribution < -0.4 is 5.32 Å². The molecule has 1 aromatic rings. The third-order valence-corrected chi connectivity index (χ3v) is 4.02. The van der Waals surface area contributed by atoms with Crippen molar-refractivity contribution in [2.24, 2.45) is 0 Å². The third kappa shape index (κ3) is 5.91. The van der Waals surface area contributed by atoms with E-state index >= 15 is 0 Å². The van der Waals surface area contributed by atoms with E-state index in [1.807, 2.05) is 11.8 Å². The minimum atomic E-state index is 0.837. The Morgan fingerprint density at radius 2 is 2.24 bits per heavy atom. The highest BCUT2D eigenvalue weighted by molar-refractivity contribution is 9.10. The lowest BCUT2D eigenvalue weighted by Crippen LogP contribution is -2.12. The van der Waals surface area contributed by atoms with Gasteiger partial charge in [0.15, 0.2) is 0 Å². The molecule has 0 aromatic heterocycles. The van der Waals surface area contributed by atoms with Crippen LogP contribution in [0.25, 0.3) is 0 Å². The van der Waals surface area contributed by atoms with Gasteiger partial charge in [-0.1, -0.05) is 28.9 Å². The molecule has 0 aliphatic heterocycles. The summed E-state index contributed by atoms with van der Waals surface area (Å²) in [7, 11) is 1.75. The van der Waals surface area contributed by atoms with Crippen LogP contribution in [0, 0.1) is 0 Å². The van der Waals surface area contributed by atoms with E-state index in [0.29, 0.717) is 0 Å². The van der Waals surface area contributed by atoms with Crippen molar-refractivity contribution in [2.75, 3.05) is 26.0 Å². The Kier molecular flexibility index (Phi) is 7.93. The molecule has 0 aliphatic rings. The summed E-state index contributed by atoms with van der Waals surface area (Å²) < 4.78 is 6.21. The first-order valence-electron chi connectivity index (χ1n) is 5.88. The standard InChI is InChI=1S/C13H20BrNOS/c1-3-15-10-11-5-6-12(14)9-13(11)17-8-4-7-16-2/h5-6,9,15H,3-4,7-8,10H2,1-2H3. The Bertz CT molecular complexity index is 333. The molecule has 17 heavy (non-hydrogen) atoms. The maximum Gasteiger partial charge on any atom is 0.0470 e. The number of halogens is 1. The van der Waals surface area contributed by atoms with Crippen LogP contribution in [-0.4, -0.2) is 26.0 Å². The van der Waals surface area contributed by atoms with Gasteiger partial charge in [0.1, 0.15) is 0 Å². The predicted octanol–water partition coefficient (Wildman–Crippen LogP) is 3.69. The van der Waals surface area contributed by atoms with Crippen LogP contribution in [0.3, 0.4) is 0 Å². The van der Waals surface area contributed by atoms with Gasteiger partial charge < -0.3 is 10.1 Å². The van der Waals surface area contributed by atoms with Crippen LogP contribution in [-0.2, 0) is 11.3 Å². The van der Waals surface area contributed by atoms with Crippen molar-refractivity contribution < 1.29 is 4.74 Å². The first-order valence-corrected chi connectivity index (χ1v) is 7.66. The van der Waals surface area contributed by atoms with Gasteiger partial charge in [0.25, 0.3) is 0 Å². The topological polar surface area (TPSA) is 21.3 Å². The summed E-state index contributed by atoms with van der Waals surface area (Å²) in [5.74, 6) is 1.10. The number of thioether (sulfide) groups is 1. The summed E-state index contributed by atoms with van der Waals surface area (Å²) in [5.41, 5.74) is 1.37. The zero-order valence-corrected chi connectivity index (χ0v) is 12.9. The minimum absolute atomic E-state index is 0.837. The summed E-state index contributed by atoms with van der Waals surface area (Å²) in [6, 6.07) is 6.49. The summed E-state index contributed by atoms with van der Waals surface area (Å²) in [6.07, 6.45) is 1.09. The molecule has 0 fully saturated rings. The second-order valence-electron chi connectivity index (χ2n) is 3.73. The van der Waals surface area contributed by atoms with Crippen molar-refractivity contribution in [3.05, 3.63) is 28.2 Å². The minimum Gasteiger partial charge on any atom is -0.385 e. The van der Waals surface area contributed by atoms with E-state index in [9.17, 15) is 0 Å². The second kappa shape index (κ2) is 8.97. The summed E-state index contributed by atoms with van der Waals surface area (Å²) in [5, 5.41) is 3.37. The lowest BCUT2D eigenvalue weighted by Gasteiger charge is -2.10. The first kappa shape index (κ1) is 15.0. The van der Waals surface area contributed by atoms with Crippen LogP contribution in [0.4, 0.5) is 0 Å². The summed E-state index contributed by atoms with van der Waals surface area (Å²) >= 11 is 5.43. The fourth-order valence-corrected chi connectivity index (χ4v) is 2.98. The number of hydrogen-bond donors (Lipinski definition) is 1. The van der Waals surface area contributed by atoms with Crippen LogP contribution in [0.5, 0.6) is 0 Å². The molecule has 0 saturated heterocycles. The number of methoxy groups -OCH3 is 1. The van der Waals surface area contributed by atoms with Crippen molar-refractivity contribution in [2.45, 2.75) is 24.8 Å². The van der Waals surface area contributed by atoms with E-state index in [2.05, 4.69) is 46.4 Å². The number of benzene rings is 1. The molecule has 0 bridgehead atoms. The lowest BCUT2D eigenvalue weighted by atomic mass is 10.2. The fourth-order valence-electron chi connectivity index (χ4n) is 1.45. The van der Waals surface area contributed by atoms with Crippen LogP contribution in [0.15, 0.2) is 27.6 Å². The predicted molar refractivity (Wildman–Crippen MR) is 78.7 cm³/mol. The normalized spacial score (nSPS) is 10.8. The highest BCUT2D eigenvalue weighted by Gasteiger charge is 2.03.